The van der Waals surface area contributed by atoms with Crippen molar-refractivity contribution in [1.82, 2.24) is 24.6 Å². The van der Waals surface area contributed by atoms with Crippen molar-refractivity contribution in [2.24, 2.45) is 0 Å². The number of rotatable bonds is 8. The van der Waals surface area contributed by atoms with E-state index in [1.807, 2.05) is 32.0 Å². The van der Waals surface area contributed by atoms with Crippen molar-refractivity contribution in [3.05, 3.63) is 47.5 Å². The molecule has 9 nitrogen and oxygen atoms in total. The second kappa shape index (κ2) is 9.44. The first-order valence-corrected chi connectivity index (χ1v) is 11.7. The third-order valence-electron chi connectivity index (χ3n) is 5.08. The number of carbonyl (C=O) groups excluding carboxylic acids is 1. The van der Waals surface area contributed by atoms with Crippen molar-refractivity contribution in [1.29, 1.82) is 0 Å². The lowest BCUT2D eigenvalue weighted by Crippen LogP contribution is -2.32. The number of aromatic nitrogens is 3. The van der Waals surface area contributed by atoms with Gasteiger partial charge in [0.05, 0.1) is 17.0 Å². The van der Waals surface area contributed by atoms with Gasteiger partial charge < -0.3 is 10.6 Å². The van der Waals surface area contributed by atoms with E-state index in [0.29, 0.717) is 37.2 Å². The van der Waals surface area contributed by atoms with Crippen LogP contribution in [-0.2, 0) is 16.6 Å². The van der Waals surface area contributed by atoms with E-state index in [9.17, 15) is 13.2 Å². The highest BCUT2D eigenvalue weighted by Gasteiger charge is 2.22. The first-order chi connectivity index (χ1) is 14.8. The van der Waals surface area contributed by atoms with Gasteiger partial charge in [-0.2, -0.15) is 4.31 Å². The number of amides is 2. The lowest BCUT2D eigenvalue weighted by Gasteiger charge is -2.18. The zero-order valence-corrected chi connectivity index (χ0v) is 19.0. The van der Waals surface area contributed by atoms with Crippen LogP contribution in [0, 0.1) is 13.8 Å². The summed E-state index contributed by atoms with van der Waals surface area (Å²) in [6.07, 6.45) is 0. The molecule has 0 aliphatic carbocycles. The van der Waals surface area contributed by atoms with Gasteiger partial charge in [-0.1, -0.05) is 31.2 Å². The Morgan fingerprint density at radius 1 is 1.10 bits per heavy atom. The van der Waals surface area contributed by atoms with Crippen LogP contribution in [0.1, 0.15) is 25.0 Å². The van der Waals surface area contributed by atoms with Crippen molar-refractivity contribution in [2.45, 2.75) is 39.1 Å². The molecule has 2 amide bonds. The molecule has 0 aliphatic rings. The number of nitrogens with one attached hydrogen (secondary N) is 2. The Hall–Kier alpha value is -2.98. The molecule has 3 aromatic rings. The molecule has 0 aliphatic heterocycles. The van der Waals surface area contributed by atoms with Gasteiger partial charge in [0, 0.05) is 25.3 Å². The summed E-state index contributed by atoms with van der Waals surface area (Å²) in [7, 11) is -3.56. The molecular weight excluding hydrogens is 416 g/mol. The Labute approximate surface area is 182 Å². The van der Waals surface area contributed by atoms with E-state index in [-0.39, 0.29) is 10.9 Å². The average Bonchev–Trinajstić information content (AvgIpc) is 3.14. The molecular formula is C21H28N6O3S. The molecule has 3 rings (SSSR count). The zero-order chi connectivity index (χ0) is 22.6. The normalized spacial score (nSPS) is 11.8. The fourth-order valence-electron chi connectivity index (χ4n) is 3.30. The highest BCUT2D eigenvalue weighted by Crippen LogP contribution is 2.20. The van der Waals surface area contributed by atoms with Gasteiger partial charge in [-0.05, 0) is 49.2 Å². The first-order valence-electron chi connectivity index (χ1n) is 10.2. The molecule has 166 valence electrons. The standard InChI is InChI=1S/C21H28N6O3S/c1-5-26(6-2)31(29,30)17-9-10-20-19(14-17)24-25-27(20)12-11-22-21(28)23-18-13-15(3)7-8-16(18)4/h7-10,13-14H,5-6,11-12H2,1-4H3,(H2,22,23,28). The third-order valence-corrected chi connectivity index (χ3v) is 7.12. The molecule has 0 radical (unpaired) electrons. The Bertz CT molecular complexity index is 1190. The summed E-state index contributed by atoms with van der Waals surface area (Å²) >= 11 is 0. The number of carbonyl (C=O) groups is 1. The predicted octanol–water partition coefficient (Wildman–Crippen LogP) is 2.90. The molecule has 2 N–H and O–H groups in total. The van der Waals surface area contributed by atoms with Crippen LogP contribution in [0.15, 0.2) is 41.3 Å². The number of sulfonamides is 1. The quantitative estimate of drug-likeness (QED) is 0.555. The lowest BCUT2D eigenvalue weighted by molar-refractivity contribution is 0.251. The fourth-order valence-corrected chi connectivity index (χ4v) is 4.78. The number of aryl methyl sites for hydroxylation is 2. The third kappa shape index (κ3) is 5.02. The van der Waals surface area contributed by atoms with Gasteiger partial charge in [0.2, 0.25) is 10.0 Å². The Morgan fingerprint density at radius 2 is 1.84 bits per heavy atom. The minimum atomic E-state index is -3.56. The van der Waals surface area contributed by atoms with Crippen LogP contribution in [0.2, 0.25) is 0 Å². The van der Waals surface area contributed by atoms with Crippen LogP contribution in [0.4, 0.5) is 10.5 Å². The minimum Gasteiger partial charge on any atom is -0.336 e. The number of urea groups is 1. The number of benzene rings is 2. The summed E-state index contributed by atoms with van der Waals surface area (Å²) in [4.78, 5) is 12.4. The summed E-state index contributed by atoms with van der Waals surface area (Å²) in [5, 5.41) is 13.8. The van der Waals surface area contributed by atoms with Crippen molar-refractivity contribution >= 4 is 32.8 Å². The zero-order valence-electron chi connectivity index (χ0n) is 18.2. The number of hydrogen-bond donors (Lipinski definition) is 2. The summed E-state index contributed by atoms with van der Waals surface area (Å²) in [5.74, 6) is 0. The molecule has 0 saturated heterocycles. The van der Waals surface area contributed by atoms with Crippen molar-refractivity contribution in [3.8, 4) is 0 Å². The number of hydrogen-bond acceptors (Lipinski definition) is 5. The SMILES string of the molecule is CCN(CC)S(=O)(=O)c1ccc2c(c1)nnn2CCNC(=O)Nc1cc(C)ccc1C. The van der Waals surface area contributed by atoms with E-state index < -0.39 is 10.0 Å². The summed E-state index contributed by atoms with van der Waals surface area (Å²) in [6.45, 7) is 9.06. The van der Waals surface area contributed by atoms with Crippen LogP contribution in [0.3, 0.4) is 0 Å². The summed E-state index contributed by atoms with van der Waals surface area (Å²) in [6, 6.07) is 10.4. The topological polar surface area (TPSA) is 109 Å². The van der Waals surface area contributed by atoms with Gasteiger partial charge in [0.15, 0.2) is 0 Å². The lowest BCUT2D eigenvalue weighted by atomic mass is 10.1. The van der Waals surface area contributed by atoms with E-state index in [1.54, 1.807) is 30.7 Å². The van der Waals surface area contributed by atoms with Crippen molar-refractivity contribution in [3.63, 3.8) is 0 Å². The smallest absolute Gasteiger partial charge is 0.319 e. The molecule has 0 atom stereocenters. The molecule has 0 bridgehead atoms. The van der Waals surface area contributed by atoms with Gasteiger partial charge >= 0.3 is 6.03 Å². The maximum absolute atomic E-state index is 12.7. The van der Waals surface area contributed by atoms with Crippen molar-refractivity contribution < 1.29 is 13.2 Å². The average molecular weight is 445 g/mol. The second-order valence-corrected chi connectivity index (χ2v) is 9.19. The van der Waals surface area contributed by atoms with E-state index in [0.717, 1.165) is 16.8 Å². The molecule has 0 saturated carbocycles. The largest absolute Gasteiger partial charge is 0.336 e. The molecule has 10 heteroatoms. The van der Waals surface area contributed by atoms with Crippen LogP contribution >= 0.6 is 0 Å². The number of anilines is 1. The van der Waals surface area contributed by atoms with Crippen molar-refractivity contribution in [2.75, 3.05) is 25.0 Å². The fraction of sp³-hybridized carbons (Fsp3) is 0.381. The van der Waals surface area contributed by atoms with Crippen LogP contribution < -0.4 is 10.6 Å². The van der Waals surface area contributed by atoms with E-state index in [2.05, 4.69) is 20.9 Å². The predicted molar refractivity (Wildman–Crippen MR) is 121 cm³/mol. The molecule has 1 aromatic heterocycles. The molecule has 0 fully saturated rings. The maximum atomic E-state index is 12.7. The number of fused-ring (bicyclic) bond motifs is 1. The maximum Gasteiger partial charge on any atom is 0.319 e. The Balaban J connectivity index is 1.65. The minimum absolute atomic E-state index is 0.196. The Kier molecular flexibility index (Phi) is 6.91. The molecule has 2 aromatic carbocycles. The van der Waals surface area contributed by atoms with Crippen LogP contribution in [0.5, 0.6) is 0 Å². The van der Waals surface area contributed by atoms with E-state index >= 15 is 0 Å². The van der Waals surface area contributed by atoms with Gasteiger partial charge in [0.1, 0.15) is 5.52 Å². The second-order valence-electron chi connectivity index (χ2n) is 7.25. The molecule has 31 heavy (non-hydrogen) atoms. The van der Waals surface area contributed by atoms with Crippen LogP contribution in [-0.4, -0.2) is 53.4 Å². The van der Waals surface area contributed by atoms with E-state index in [4.69, 9.17) is 0 Å². The summed E-state index contributed by atoms with van der Waals surface area (Å²) in [5.41, 5.74) is 4.02. The van der Waals surface area contributed by atoms with Gasteiger partial charge in [0.25, 0.3) is 0 Å². The van der Waals surface area contributed by atoms with Gasteiger partial charge in [-0.15, -0.1) is 5.10 Å². The number of nitrogens with zero attached hydrogens (tertiary/aromatic N) is 4. The van der Waals surface area contributed by atoms with E-state index in [1.165, 1.54) is 10.4 Å². The summed E-state index contributed by atoms with van der Waals surface area (Å²) < 4.78 is 28.4. The van der Waals surface area contributed by atoms with Crippen LogP contribution in [0.25, 0.3) is 11.0 Å². The molecule has 0 spiro atoms. The highest BCUT2D eigenvalue weighted by atomic mass is 32.2. The monoisotopic (exact) mass is 444 g/mol. The van der Waals surface area contributed by atoms with Gasteiger partial charge in [-0.3, -0.25) is 0 Å². The first kappa shape index (κ1) is 22.7. The molecule has 1 heterocycles. The Morgan fingerprint density at radius 3 is 2.55 bits per heavy atom. The molecule has 0 unspecified atom stereocenters. The highest BCUT2D eigenvalue weighted by molar-refractivity contribution is 7.89. The van der Waals surface area contributed by atoms with Gasteiger partial charge in [-0.25, -0.2) is 17.9 Å².